The van der Waals surface area contributed by atoms with Gasteiger partial charge in [0.1, 0.15) is 11.5 Å². The molecule has 0 bridgehead atoms. The highest BCUT2D eigenvalue weighted by Crippen LogP contribution is 2.31. The molecule has 0 saturated carbocycles. The van der Waals surface area contributed by atoms with Crippen LogP contribution in [0.25, 0.3) is 11.3 Å². The summed E-state index contributed by atoms with van der Waals surface area (Å²) in [6.45, 7) is 6.09. The molecule has 0 unspecified atom stereocenters. The molecule has 0 aliphatic carbocycles. The fraction of sp³-hybridized carbons (Fsp3) is 0.333. The molecule has 0 saturated heterocycles. The van der Waals surface area contributed by atoms with Gasteiger partial charge in [-0.25, -0.2) is 0 Å². The Morgan fingerprint density at radius 1 is 1.25 bits per heavy atom. The first kappa shape index (κ1) is 17.6. The highest BCUT2D eigenvalue weighted by Gasteiger charge is 2.09. The van der Waals surface area contributed by atoms with Crippen molar-refractivity contribution in [3.63, 3.8) is 0 Å². The molecule has 0 aliphatic rings. The maximum Gasteiger partial charge on any atom is 0.135 e. The molecule has 0 amide bonds. The van der Waals surface area contributed by atoms with Gasteiger partial charge in [-0.1, -0.05) is 41.4 Å². The van der Waals surface area contributed by atoms with Crippen molar-refractivity contribution in [2.45, 2.75) is 20.4 Å². The molecule has 1 aromatic heterocycles. The van der Waals surface area contributed by atoms with Crippen molar-refractivity contribution in [2.24, 2.45) is 5.92 Å². The van der Waals surface area contributed by atoms with E-state index in [1.54, 1.807) is 0 Å². The number of hydrogen-bond acceptors (Lipinski definition) is 2. The van der Waals surface area contributed by atoms with E-state index in [9.17, 15) is 0 Å². The molecule has 0 fully saturated rings. The number of halogens is 3. The van der Waals surface area contributed by atoms with Gasteiger partial charge < -0.3 is 9.73 Å². The van der Waals surface area contributed by atoms with Crippen LogP contribution in [0.3, 0.4) is 0 Å². The summed E-state index contributed by atoms with van der Waals surface area (Å²) in [7, 11) is 0. The number of benzene rings is 1. The number of furan rings is 1. The number of rotatable bonds is 5. The predicted molar refractivity (Wildman–Crippen MR) is 90.6 cm³/mol. The Hall–Kier alpha value is -0.480. The maximum atomic E-state index is 6.21. The lowest BCUT2D eigenvalue weighted by molar-refractivity contribution is 0.472. The number of nitrogens with one attached hydrogen (secondary N) is 1. The van der Waals surface area contributed by atoms with E-state index < -0.39 is 0 Å². The second-order valence-corrected chi connectivity index (χ2v) is 6.24. The molecule has 1 aromatic carbocycles. The van der Waals surface area contributed by atoms with Crippen LogP contribution >= 0.6 is 39.9 Å². The lowest BCUT2D eigenvalue weighted by Crippen LogP contribution is -2.18. The van der Waals surface area contributed by atoms with Crippen LogP contribution in [0.2, 0.25) is 5.02 Å². The summed E-state index contributed by atoms with van der Waals surface area (Å²) >= 11 is 9.61. The fourth-order valence-corrected chi connectivity index (χ4v) is 2.56. The molecule has 0 aliphatic heterocycles. The zero-order valence-corrected chi connectivity index (χ0v) is 14.6. The van der Waals surface area contributed by atoms with Crippen molar-refractivity contribution < 1.29 is 4.42 Å². The second kappa shape index (κ2) is 8.08. The van der Waals surface area contributed by atoms with E-state index in [2.05, 4.69) is 35.1 Å². The fourth-order valence-electron chi connectivity index (χ4n) is 1.79. The highest BCUT2D eigenvalue weighted by atomic mass is 79.9. The molecule has 110 valence electrons. The minimum atomic E-state index is 0. The van der Waals surface area contributed by atoms with E-state index in [1.165, 1.54) is 0 Å². The SMILES string of the molecule is CC(C)CNCc1ccc(-c2ccc(Br)cc2Cl)o1.Cl. The van der Waals surface area contributed by atoms with Gasteiger partial charge in [0.15, 0.2) is 0 Å². The van der Waals surface area contributed by atoms with Crippen molar-refractivity contribution in [1.29, 1.82) is 0 Å². The molecular formula is C15H18BrCl2NO. The summed E-state index contributed by atoms with van der Waals surface area (Å²) in [5, 5.41) is 4.04. The van der Waals surface area contributed by atoms with E-state index in [0.29, 0.717) is 10.9 Å². The maximum absolute atomic E-state index is 6.21. The van der Waals surface area contributed by atoms with Gasteiger partial charge in [0.25, 0.3) is 0 Å². The lowest BCUT2D eigenvalue weighted by atomic mass is 10.2. The molecule has 2 rings (SSSR count). The molecule has 1 heterocycles. The summed E-state index contributed by atoms with van der Waals surface area (Å²) in [5.41, 5.74) is 0.917. The Labute approximate surface area is 139 Å². The molecule has 2 aromatic rings. The summed E-state index contributed by atoms with van der Waals surface area (Å²) in [6.07, 6.45) is 0. The topological polar surface area (TPSA) is 25.2 Å². The van der Waals surface area contributed by atoms with Crippen LogP contribution in [0.15, 0.2) is 39.2 Å². The average molecular weight is 379 g/mol. The quantitative estimate of drug-likeness (QED) is 0.739. The molecular weight excluding hydrogens is 361 g/mol. The van der Waals surface area contributed by atoms with Crippen LogP contribution in [0.5, 0.6) is 0 Å². The smallest absolute Gasteiger partial charge is 0.135 e. The van der Waals surface area contributed by atoms with Crippen LogP contribution in [0, 0.1) is 5.92 Å². The largest absolute Gasteiger partial charge is 0.460 e. The Bertz CT molecular complexity index is 555. The van der Waals surface area contributed by atoms with Gasteiger partial charge in [-0.05, 0) is 42.8 Å². The van der Waals surface area contributed by atoms with Crippen LogP contribution in [-0.4, -0.2) is 6.54 Å². The average Bonchev–Trinajstić information content (AvgIpc) is 2.77. The summed E-state index contributed by atoms with van der Waals surface area (Å²) in [6, 6.07) is 9.73. The van der Waals surface area contributed by atoms with Crippen LogP contribution in [-0.2, 0) is 6.54 Å². The van der Waals surface area contributed by atoms with E-state index in [4.69, 9.17) is 16.0 Å². The van der Waals surface area contributed by atoms with Crippen molar-refractivity contribution in [2.75, 3.05) is 6.54 Å². The molecule has 1 N–H and O–H groups in total. The minimum absolute atomic E-state index is 0. The third kappa shape index (κ3) is 4.81. The Morgan fingerprint density at radius 3 is 2.65 bits per heavy atom. The zero-order valence-electron chi connectivity index (χ0n) is 11.5. The van der Waals surface area contributed by atoms with Crippen molar-refractivity contribution in [1.82, 2.24) is 5.32 Å². The first-order valence-corrected chi connectivity index (χ1v) is 7.48. The molecule has 0 spiro atoms. The van der Waals surface area contributed by atoms with Crippen molar-refractivity contribution >= 4 is 39.9 Å². The van der Waals surface area contributed by atoms with E-state index in [0.717, 1.165) is 34.6 Å². The summed E-state index contributed by atoms with van der Waals surface area (Å²) in [4.78, 5) is 0. The van der Waals surface area contributed by atoms with Crippen LogP contribution < -0.4 is 5.32 Å². The predicted octanol–water partition coefficient (Wildman–Crippen LogP) is 5.53. The van der Waals surface area contributed by atoms with Crippen LogP contribution in [0.1, 0.15) is 19.6 Å². The number of hydrogen-bond donors (Lipinski definition) is 1. The van der Waals surface area contributed by atoms with Gasteiger partial charge in [-0.15, -0.1) is 12.4 Å². The molecule has 0 radical (unpaired) electrons. The Morgan fingerprint density at radius 2 is 2.00 bits per heavy atom. The van der Waals surface area contributed by atoms with Crippen molar-refractivity contribution in [3.05, 3.63) is 45.6 Å². The zero-order chi connectivity index (χ0) is 13.8. The minimum Gasteiger partial charge on any atom is -0.460 e. The van der Waals surface area contributed by atoms with Crippen molar-refractivity contribution in [3.8, 4) is 11.3 Å². The van der Waals surface area contributed by atoms with E-state index in [1.807, 2.05) is 30.3 Å². The Balaban J connectivity index is 0.00000200. The lowest BCUT2D eigenvalue weighted by Gasteiger charge is -2.05. The van der Waals surface area contributed by atoms with E-state index >= 15 is 0 Å². The third-order valence-electron chi connectivity index (χ3n) is 2.71. The first-order chi connectivity index (χ1) is 9.06. The molecule has 20 heavy (non-hydrogen) atoms. The normalized spacial score (nSPS) is 10.7. The van der Waals surface area contributed by atoms with E-state index in [-0.39, 0.29) is 12.4 Å². The van der Waals surface area contributed by atoms with Gasteiger partial charge in [0, 0.05) is 10.0 Å². The first-order valence-electron chi connectivity index (χ1n) is 6.31. The van der Waals surface area contributed by atoms with Gasteiger partial charge in [0.2, 0.25) is 0 Å². The van der Waals surface area contributed by atoms with Gasteiger partial charge in [-0.2, -0.15) is 0 Å². The highest BCUT2D eigenvalue weighted by molar-refractivity contribution is 9.10. The standard InChI is InChI=1S/C15H17BrClNO.ClH/c1-10(2)8-18-9-12-4-6-15(19-12)13-5-3-11(16)7-14(13)17;/h3-7,10,18H,8-9H2,1-2H3;1H. The third-order valence-corrected chi connectivity index (χ3v) is 3.52. The van der Waals surface area contributed by atoms with Gasteiger partial charge in [-0.3, -0.25) is 0 Å². The summed E-state index contributed by atoms with van der Waals surface area (Å²) < 4.78 is 6.77. The Kier molecular flexibility index (Phi) is 7.10. The molecule has 5 heteroatoms. The monoisotopic (exact) mass is 377 g/mol. The summed E-state index contributed by atoms with van der Waals surface area (Å²) in [5.74, 6) is 2.36. The molecule has 2 nitrogen and oxygen atoms in total. The van der Waals surface area contributed by atoms with Crippen LogP contribution in [0.4, 0.5) is 0 Å². The van der Waals surface area contributed by atoms with Gasteiger partial charge in [0.05, 0.1) is 11.6 Å². The van der Waals surface area contributed by atoms with Gasteiger partial charge >= 0.3 is 0 Å². The molecule has 0 atom stereocenters. The second-order valence-electron chi connectivity index (χ2n) is 4.91.